The van der Waals surface area contributed by atoms with Crippen molar-refractivity contribution in [2.75, 3.05) is 47.8 Å². The third kappa shape index (κ3) is 8.54. The number of aliphatic imine (C=N–C) groups is 1. The lowest BCUT2D eigenvalue weighted by Gasteiger charge is -2.26. The number of thiophene rings is 1. The summed E-state index contributed by atoms with van der Waals surface area (Å²) in [6.45, 7) is 3.54. The van der Waals surface area contributed by atoms with E-state index in [-0.39, 0.29) is 34.4 Å². The minimum atomic E-state index is -4.08. The van der Waals surface area contributed by atoms with E-state index in [9.17, 15) is 23.1 Å². The highest BCUT2D eigenvalue weighted by Crippen LogP contribution is 2.27. The molecule has 0 unspecified atom stereocenters. The summed E-state index contributed by atoms with van der Waals surface area (Å²) < 4.78 is 34.3. The SMILES string of the molecule is NC(N)=NCCC[C@H](NC(=O)c1sccc1NS(=O)(=O)c1cccc(NCc2csc(N3CCOCC3)n2)c1)C(=O)O. The van der Waals surface area contributed by atoms with Crippen molar-refractivity contribution in [1.82, 2.24) is 10.3 Å². The fourth-order valence-electron chi connectivity index (χ4n) is 4.00. The second-order valence-electron chi connectivity index (χ2n) is 9.18. The largest absolute Gasteiger partial charge is 0.480 e. The van der Waals surface area contributed by atoms with Crippen LogP contribution < -0.4 is 31.7 Å². The number of carboxylic acids is 1. The summed E-state index contributed by atoms with van der Waals surface area (Å²) in [6, 6.07) is 6.53. The van der Waals surface area contributed by atoms with Gasteiger partial charge in [-0.25, -0.2) is 18.2 Å². The molecule has 14 nitrogen and oxygen atoms in total. The number of carbonyl (C=O) groups is 2. The van der Waals surface area contributed by atoms with Gasteiger partial charge in [0, 0.05) is 30.7 Å². The number of anilines is 3. The second kappa shape index (κ2) is 14.3. The number of carbonyl (C=O) groups excluding carboxylic acids is 1. The lowest BCUT2D eigenvalue weighted by molar-refractivity contribution is -0.139. The van der Waals surface area contributed by atoms with E-state index in [2.05, 4.69) is 30.2 Å². The molecule has 1 aromatic carbocycles. The van der Waals surface area contributed by atoms with E-state index in [1.807, 2.05) is 5.38 Å². The molecule has 1 aliphatic rings. The van der Waals surface area contributed by atoms with Crippen LogP contribution in [0.2, 0.25) is 0 Å². The van der Waals surface area contributed by atoms with Crippen LogP contribution in [-0.2, 0) is 26.1 Å². The summed E-state index contributed by atoms with van der Waals surface area (Å²) in [7, 11) is -4.08. The van der Waals surface area contributed by atoms with Crippen LogP contribution >= 0.6 is 22.7 Å². The van der Waals surface area contributed by atoms with E-state index >= 15 is 0 Å². The van der Waals surface area contributed by atoms with Gasteiger partial charge in [0.2, 0.25) is 0 Å². The summed E-state index contributed by atoms with van der Waals surface area (Å²) in [5.41, 5.74) is 12.0. The van der Waals surface area contributed by atoms with E-state index in [0.29, 0.717) is 31.9 Å². The van der Waals surface area contributed by atoms with Crippen LogP contribution in [0.1, 0.15) is 28.2 Å². The third-order valence-electron chi connectivity index (χ3n) is 6.10. The molecule has 0 aliphatic carbocycles. The number of aliphatic carboxylic acids is 1. The first-order valence-electron chi connectivity index (χ1n) is 12.9. The van der Waals surface area contributed by atoms with E-state index in [1.54, 1.807) is 23.5 Å². The molecule has 1 atom stereocenters. The van der Waals surface area contributed by atoms with E-state index < -0.39 is 27.9 Å². The van der Waals surface area contributed by atoms with Crippen molar-refractivity contribution in [3.8, 4) is 0 Å². The number of nitrogens with one attached hydrogen (secondary N) is 3. The Labute approximate surface area is 250 Å². The predicted molar refractivity (Wildman–Crippen MR) is 163 cm³/mol. The third-order valence-corrected chi connectivity index (χ3v) is 9.33. The fraction of sp³-hybridized carbons (Fsp3) is 0.360. The zero-order chi connectivity index (χ0) is 30.1. The van der Waals surface area contributed by atoms with Gasteiger partial charge in [0.1, 0.15) is 10.9 Å². The quantitative estimate of drug-likeness (QED) is 0.0850. The van der Waals surface area contributed by atoms with Gasteiger partial charge in [0.15, 0.2) is 11.1 Å². The molecule has 8 N–H and O–H groups in total. The Balaban J connectivity index is 1.37. The molecule has 1 amide bonds. The number of hydrogen-bond acceptors (Lipinski definition) is 11. The molecule has 3 heterocycles. The number of thiazole rings is 1. The summed E-state index contributed by atoms with van der Waals surface area (Å²) >= 11 is 2.54. The van der Waals surface area contributed by atoms with Crippen molar-refractivity contribution < 1.29 is 27.9 Å². The Morgan fingerprint density at radius 2 is 1.98 bits per heavy atom. The number of aromatic nitrogens is 1. The van der Waals surface area contributed by atoms with Crippen LogP contribution in [0.15, 0.2) is 51.0 Å². The highest BCUT2D eigenvalue weighted by Gasteiger charge is 2.25. The molecule has 0 radical (unpaired) electrons. The summed E-state index contributed by atoms with van der Waals surface area (Å²) in [6.07, 6.45) is 0.403. The number of nitrogens with two attached hydrogens (primary N) is 2. The molecule has 42 heavy (non-hydrogen) atoms. The first-order valence-corrected chi connectivity index (χ1v) is 16.2. The normalized spacial score (nSPS) is 14.1. The van der Waals surface area contributed by atoms with E-state index in [4.69, 9.17) is 16.2 Å². The number of ether oxygens (including phenoxy) is 1. The number of guanidine groups is 1. The van der Waals surface area contributed by atoms with Crippen LogP contribution in [0.5, 0.6) is 0 Å². The molecule has 17 heteroatoms. The molecule has 226 valence electrons. The molecule has 1 fully saturated rings. The van der Waals surface area contributed by atoms with Crippen molar-refractivity contribution in [2.45, 2.75) is 30.3 Å². The standard InChI is InChI=1S/C25H32N8O6S3/c26-24(27)28-7-2-5-20(23(35)36)31-22(34)21-19(6-12-40-21)32-42(37,38)18-4-1-3-16(13-18)29-14-17-15-41-25(30-17)33-8-10-39-11-9-33/h1,3-4,6,12-13,15,20,29,32H,2,5,7-11,14H2,(H,31,34)(H,35,36)(H4,26,27,28)/t20-/m0/s1. The first kappa shape index (κ1) is 31.0. The Morgan fingerprint density at radius 1 is 1.19 bits per heavy atom. The van der Waals surface area contributed by atoms with Gasteiger partial charge in [-0.15, -0.1) is 22.7 Å². The topological polar surface area (TPSA) is 214 Å². The monoisotopic (exact) mass is 636 g/mol. The summed E-state index contributed by atoms with van der Waals surface area (Å²) in [5.74, 6) is -2.06. The minimum Gasteiger partial charge on any atom is -0.480 e. The van der Waals surface area contributed by atoms with E-state index in [0.717, 1.165) is 35.3 Å². The van der Waals surface area contributed by atoms with Crippen molar-refractivity contribution in [1.29, 1.82) is 0 Å². The van der Waals surface area contributed by atoms with E-state index in [1.165, 1.54) is 23.6 Å². The Bertz CT molecular complexity index is 1510. The Hall–Kier alpha value is -3.93. The number of amides is 1. The molecule has 0 spiro atoms. The van der Waals surface area contributed by atoms with Crippen LogP contribution in [0, 0.1) is 0 Å². The maximum absolute atomic E-state index is 13.2. The van der Waals surface area contributed by atoms with Gasteiger partial charge in [-0.05, 0) is 42.5 Å². The average Bonchev–Trinajstić information content (AvgIpc) is 3.63. The number of hydrogen-bond donors (Lipinski definition) is 6. The van der Waals surface area contributed by atoms with Gasteiger partial charge in [-0.1, -0.05) is 6.07 Å². The number of benzene rings is 1. The zero-order valence-electron chi connectivity index (χ0n) is 22.5. The van der Waals surface area contributed by atoms with Crippen LogP contribution in [-0.4, -0.2) is 75.2 Å². The van der Waals surface area contributed by atoms with Crippen molar-refractivity contribution in [3.63, 3.8) is 0 Å². The van der Waals surface area contributed by atoms with Gasteiger partial charge in [0.05, 0.1) is 36.0 Å². The van der Waals surface area contributed by atoms with Crippen molar-refractivity contribution >= 4 is 67.0 Å². The number of morpholine rings is 1. The number of nitrogens with zero attached hydrogens (tertiary/aromatic N) is 3. The van der Waals surface area contributed by atoms with Crippen molar-refractivity contribution in [3.05, 3.63) is 51.7 Å². The lowest BCUT2D eigenvalue weighted by atomic mass is 10.1. The predicted octanol–water partition coefficient (Wildman–Crippen LogP) is 1.69. The highest BCUT2D eigenvalue weighted by molar-refractivity contribution is 7.92. The molecule has 0 saturated carbocycles. The molecule has 2 aromatic heterocycles. The number of rotatable bonds is 14. The minimum absolute atomic E-state index is 0.0134. The molecular formula is C25H32N8O6S3. The molecular weight excluding hydrogens is 605 g/mol. The molecule has 3 aromatic rings. The van der Waals surface area contributed by atoms with Gasteiger partial charge in [0.25, 0.3) is 15.9 Å². The number of carboxylic acid groups (broad SMARTS) is 1. The smallest absolute Gasteiger partial charge is 0.326 e. The van der Waals surface area contributed by atoms with Gasteiger partial charge < -0.3 is 36.8 Å². The van der Waals surface area contributed by atoms with Gasteiger partial charge >= 0.3 is 5.97 Å². The Kier molecular flexibility index (Phi) is 10.6. The van der Waals surface area contributed by atoms with Crippen LogP contribution in [0.25, 0.3) is 0 Å². The van der Waals surface area contributed by atoms with Crippen LogP contribution in [0.3, 0.4) is 0 Å². The molecule has 1 aliphatic heterocycles. The summed E-state index contributed by atoms with van der Waals surface area (Å²) in [4.78, 5) is 35.2. The van der Waals surface area contributed by atoms with Crippen molar-refractivity contribution in [2.24, 2.45) is 16.5 Å². The van der Waals surface area contributed by atoms with Gasteiger partial charge in [-0.3, -0.25) is 14.5 Å². The maximum atomic E-state index is 13.2. The second-order valence-corrected chi connectivity index (χ2v) is 12.6. The fourth-order valence-corrected chi connectivity index (χ4v) is 6.81. The maximum Gasteiger partial charge on any atom is 0.326 e. The lowest BCUT2D eigenvalue weighted by Crippen LogP contribution is -2.40. The highest BCUT2D eigenvalue weighted by atomic mass is 32.2. The number of sulfonamides is 1. The first-order chi connectivity index (χ1) is 20.1. The molecule has 1 saturated heterocycles. The zero-order valence-corrected chi connectivity index (χ0v) is 24.9. The summed E-state index contributed by atoms with van der Waals surface area (Å²) in [5, 5.41) is 19.6. The molecule has 4 rings (SSSR count). The van der Waals surface area contributed by atoms with Gasteiger partial charge in [-0.2, -0.15) is 0 Å². The van der Waals surface area contributed by atoms with Crippen LogP contribution in [0.4, 0.5) is 16.5 Å². The molecule has 0 bridgehead atoms. The average molecular weight is 637 g/mol. The Morgan fingerprint density at radius 3 is 2.71 bits per heavy atom.